The molecule has 2 saturated heterocycles. The predicted molar refractivity (Wildman–Crippen MR) is 200 cm³/mol. The Kier molecular flexibility index (Phi) is 16.7. The lowest BCUT2D eigenvalue weighted by atomic mass is 10.0. The van der Waals surface area contributed by atoms with Crippen LogP contribution in [0.1, 0.15) is 108 Å². The average Bonchev–Trinajstić information content (AvgIpc) is 3.01. The first-order valence-corrected chi connectivity index (χ1v) is 17.1. The van der Waals surface area contributed by atoms with E-state index >= 15 is 0 Å². The molecule has 2 heterocycles. The highest BCUT2D eigenvalue weighted by Crippen LogP contribution is 2.25. The van der Waals surface area contributed by atoms with Crippen LogP contribution in [0.3, 0.4) is 0 Å². The zero-order valence-corrected chi connectivity index (χ0v) is 30.6. The van der Waals surface area contributed by atoms with Crippen molar-refractivity contribution in [3.05, 3.63) is 71.8 Å². The van der Waals surface area contributed by atoms with Gasteiger partial charge in [0.1, 0.15) is 23.3 Å². The molecule has 2 fully saturated rings. The Morgan fingerprint density at radius 2 is 1.18 bits per heavy atom. The lowest BCUT2D eigenvalue weighted by Gasteiger charge is -2.45. The van der Waals surface area contributed by atoms with Crippen LogP contribution in [0.2, 0.25) is 0 Å². The number of rotatable bonds is 6. The van der Waals surface area contributed by atoms with Gasteiger partial charge in [-0.15, -0.1) is 0 Å². The third-order valence-corrected chi connectivity index (χ3v) is 8.41. The molecular weight excluding hydrogens is 632 g/mol. The second kappa shape index (κ2) is 18.9. The minimum Gasteiger partial charge on any atom is -0.444 e. The zero-order valence-electron chi connectivity index (χ0n) is 30.6. The number of imide groups is 1. The maximum absolute atomic E-state index is 12.9. The van der Waals surface area contributed by atoms with Gasteiger partial charge >= 0.3 is 12.2 Å². The van der Waals surface area contributed by atoms with Crippen LogP contribution in [-0.2, 0) is 32.2 Å². The number of benzene rings is 2. The Hall–Kier alpha value is -3.92. The molecule has 280 valence electrons. The van der Waals surface area contributed by atoms with Crippen LogP contribution in [0.5, 0.6) is 0 Å². The highest BCUT2D eigenvalue weighted by atomic mass is 16.6. The molecule has 4 atom stereocenters. The number of nitrogens with zero attached hydrogens (tertiary/aromatic N) is 4. The molecule has 0 bridgehead atoms. The van der Waals surface area contributed by atoms with Gasteiger partial charge in [-0.1, -0.05) is 89.4 Å². The number of hydrogen-bond donors (Lipinski definition) is 0. The Bertz CT molecular complexity index is 1370. The molecule has 50 heavy (non-hydrogen) atoms. The molecule has 10 heteroatoms. The number of piperazine rings is 2. The number of ether oxygens (including phenoxy) is 2. The van der Waals surface area contributed by atoms with Gasteiger partial charge in [0.05, 0.1) is 0 Å². The van der Waals surface area contributed by atoms with Gasteiger partial charge in [0.25, 0.3) is 5.91 Å². The summed E-state index contributed by atoms with van der Waals surface area (Å²) in [5.74, 6) is -0.638. The van der Waals surface area contributed by atoms with E-state index in [4.69, 9.17) is 9.47 Å². The summed E-state index contributed by atoms with van der Waals surface area (Å²) in [5, 5.41) is 0. The molecule has 0 spiro atoms. The van der Waals surface area contributed by atoms with Crippen molar-refractivity contribution in [1.82, 2.24) is 19.6 Å². The summed E-state index contributed by atoms with van der Waals surface area (Å²) in [6.07, 6.45) is 0.346. The van der Waals surface area contributed by atoms with Crippen molar-refractivity contribution in [1.29, 1.82) is 0 Å². The van der Waals surface area contributed by atoms with Crippen LogP contribution < -0.4 is 0 Å². The van der Waals surface area contributed by atoms with E-state index in [1.807, 2.05) is 62.1 Å². The topological polar surface area (TPSA) is 99.7 Å². The summed E-state index contributed by atoms with van der Waals surface area (Å²) in [7, 11) is 0. The number of amides is 4. The largest absolute Gasteiger partial charge is 0.444 e. The smallest absolute Gasteiger partial charge is 0.417 e. The Labute approximate surface area is 302 Å². The maximum Gasteiger partial charge on any atom is 0.417 e. The van der Waals surface area contributed by atoms with Crippen LogP contribution in [0.15, 0.2) is 60.7 Å². The van der Waals surface area contributed by atoms with E-state index in [0.29, 0.717) is 19.0 Å². The summed E-state index contributed by atoms with van der Waals surface area (Å²) in [6, 6.07) is 19.0. The molecule has 2 aliphatic heterocycles. The van der Waals surface area contributed by atoms with Gasteiger partial charge < -0.3 is 19.3 Å². The van der Waals surface area contributed by atoms with Crippen molar-refractivity contribution in [2.45, 2.75) is 145 Å². The number of hydrogen-bond acceptors (Lipinski definition) is 7. The standard InChI is InChI=1S/C19H26N2O4.C19H30N2O2.2CH4/c1-6-15-17(23)20(12-14-10-8-7-9-11-14)13(2)16(22)21(15)18(24)25-19(3,4)5;1-6-17-14-20(13-16-10-8-7-9-11-16)15(2)12-21(17)18(22)23-19(3,4)5;;/h7-11,13,15H,6,12H2,1-5H3;7-11,15,17H,6,12-14H2,1-5H3;2*1H4/t13-,15+;15-,17+;;/m11../s1. The van der Waals surface area contributed by atoms with Gasteiger partial charge in [-0.05, 0) is 79.4 Å². The molecular formula is C40H64N4O6. The first kappa shape index (κ1) is 44.1. The van der Waals surface area contributed by atoms with Crippen LogP contribution in [0, 0.1) is 0 Å². The van der Waals surface area contributed by atoms with Gasteiger partial charge in [0.2, 0.25) is 5.91 Å². The van der Waals surface area contributed by atoms with Crippen molar-refractivity contribution in [2.75, 3.05) is 13.1 Å². The highest BCUT2D eigenvalue weighted by molar-refractivity contribution is 6.04. The second-order valence-corrected chi connectivity index (χ2v) is 14.7. The molecule has 10 nitrogen and oxygen atoms in total. The average molecular weight is 697 g/mol. The summed E-state index contributed by atoms with van der Waals surface area (Å²) in [6.45, 7) is 21.6. The first-order valence-electron chi connectivity index (χ1n) is 17.1. The minimum absolute atomic E-state index is 0. The normalized spacial score (nSPS) is 21.3. The van der Waals surface area contributed by atoms with E-state index in [0.717, 1.165) is 36.5 Å². The van der Waals surface area contributed by atoms with Crippen LogP contribution in [-0.4, -0.2) is 92.1 Å². The van der Waals surface area contributed by atoms with E-state index in [-0.39, 0.29) is 32.9 Å². The first-order chi connectivity index (χ1) is 22.5. The second-order valence-electron chi connectivity index (χ2n) is 14.7. The minimum atomic E-state index is -0.831. The Morgan fingerprint density at radius 1 is 0.700 bits per heavy atom. The molecule has 2 aromatic rings. The predicted octanol–water partition coefficient (Wildman–Crippen LogP) is 8.14. The highest BCUT2D eigenvalue weighted by Gasteiger charge is 2.47. The van der Waals surface area contributed by atoms with E-state index in [2.05, 4.69) is 43.0 Å². The van der Waals surface area contributed by atoms with Gasteiger partial charge in [0, 0.05) is 38.3 Å². The number of carbonyl (C=O) groups excluding carboxylic acids is 4. The van der Waals surface area contributed by atoms with Gasteiger partial charge in [-0.3, -0.25) is 14.5 Å². The summed E-state index contributed by atoms with van der Waals surface area (Å²) < 4.78 is 10.9. The lowest BCUT2D eigenvalue weighted by molar-refractivity contribution is -0.160. The third kappa shape index (κ3) is 12.1. The number of carbonyl (C=O) groups is 4. The van der Waals surface area contributed by atoms with Crippen molar-refractivity contribution in [2.24, 2.45) is 0 Å². The fourth-order valence-electron chi connectivity index (χ4n) is 5.89. The quantitative estimate of drug-likeness (QED) is 0.301. The molecule has 0 aromatic heterocycles. The van der Waals surface area contributed by atoms with Gasteiger partial charge in [-0.2, -0.15) is 0 Å². The Balaban J connectivity index is 0.000000482. The SMILES string of the molecule is C.C.CC[C@H]1C(=O)N(Cc2ccccc2)[C@H](C)C(=O)N1C(=O)OC(C)(C)C.CC[C@H]1CN(Cc2ccccc2)[C@H](C)CN1C(=O)OC(C)(C)C. The van der Waals surface area contributed by atoms with Crippen LogP contribution >= 0.6 is 0 Å². The zero-order chi connectivity index (χ0) is 35.8. The van der Waals surface area contributed by atoms with E-state index in [1.54, 1.807) is 34.6 Å². The molecule has 4 amide bonds. The molecule has 0 radical (unpaired) electrons. The maximum atomic E-state index is 12.9. The summed E-state index contributed by atoms with van der Waals surface area (Å²) in [5.41, 5.74) is 1.08. The van der Waals surface area contributed by atoms with Gasteiger partial charge in [0.15, 0.2) is 0 Å². The molecule has 2 aliphatic rings. The monoisotopic (exact) mass is 696 g/mol. The fraction of sp³-hybridized carbons (Fsp3) is 0.600. The van der Waals surface area contributed by atoms with Crippen molar-refractivity contribution >= 4 is 24.0 Å². The summed E-state index contributed by atoms with van der Waals surface area (Å²) in [4.78, 5) is 57.6. The van der Waals surface area contributed by atoms with Crippen molar-refractivity contribution < 1.29 is 28.7 Å². The Morgan fingerprint density at radius 3 is 1.64 bits per heavy atom. The summed E-state index contributed by atoms with van der Waals surface area (Å²) >= 11 is 0. The van der Waals surface area contributed by atoms with Gasteiger partial charge in [-0.25, -0.2) is 14.5 Å². The van der Waals surface area contributed by atoms with E-state index < -0.39 is 35.3 Å². The van der Waals surface area contributed by atoms with E-state index in [1.165, 1.54) is 10.5 Å². The molecule has 0 unspecified atom stereocenters. The third-order valence-electron chi connectivity index (χ3n) is 8.41. The van der Waals surface area contributed by atoms with Crippen molar-refractivity contribution in [3.8, 4) is 0 Å². The molecule has 2 aromatic carbocycles. The van der Waals surface area contributed by atoms with Crippen LogP contribution in [0.25, 0.3) is 0 Å². The van der Waals surface area contributed by atoms with E-state index in [9.17, 15) is 19.2 Å². The molecule has 0 saturated carbocycles. The fourth-order valence-corrected chi connectivity index (χ4v) is 5.89. The molecule has 4 rings (SSSR count). The molecule has 0 N–H and O–H groups in total. The van der Waals surface area contributed by atoms with Crippen LogP contribution in [0.4, 0.5) is 9.59 Å². The van der Waals surface area contributed by atoms with Crippen molar-refractivity contribution in [3.63, 3.8) is 0 Å². The lowest BCUT2D eigenvalue weighted by Crippen LogP contribution is -2.65. The molecule has 0 aliphatic carbocycles.